The van der Waals surface area contributed by atoms with E-state index in [4.69, 9.17) is 16.3 Å². The minimum Gasteiger partial charge on any atom is -0.445 e. The Morgan fingerprint density at radius 2 is 1.46 bits per heavy atom. The van der Waals surface area contributed by atoms with Crippen LogP contribution in [0.2, 0.25) is 5.02 Å². The van der Waals surface area contributed by atoms with Gasteiger partial charge in [-0.25, -0.2) is 4.79 Å². The maximum Gasteiger partial charge on any atom is 0.340 e. The summed E-state index contributed by atoms with van der Waals surface area (Å²) in [5.41, 5.74) is 1.16. The predicted octanol–water partition coefficient (Wildman–Crippen LogP) is 7.18. The van der Waals surface area contributed by atoms with E-state index in [1.54, 1.807) is 91.0 Å². The van der Waals surface area contributed by atoms with Gasteiger partial charge < -0.3 is 4.74 Å². The Balaban J connectivity index is 1.62. The molecule has 0 fully saturated rings. The summed E-state index contributed by atoms with van der Waals surface area (Å²) < 4.78 is 5.77. The zero-order valence-electron chi connectivity index (χ0n) is 18.2. The van der Waals surface area contributed by atoms with Crippen molar-refractivity contribution in [3.8, 4) is 0 Å². The Morgan fingerprint density at radius 3 is 2.11 bits per heavy atom. The van der Waals surface area contributed by atoms with Crippen molar-refractivity contribution in [1.29, 1.82) is 0 Å². The first-order valence-electron chi connectivity index (χ1n) is 10.5. The normalized spacial score (nSPS) is 11.5. The Bertz CT molecular complexity index is 1360. The highest BCUT2D eigenvalue weighted by molar-refractivity contribution is 7.99. The summed E-state index contributed by atoms with van der Waals surface area (Å²) in [4.78, 5) is 38.3. The van der Waals surface area contributed by atoms with Gasteiger partial charge in [0.25, 0.3) is 5.69 Å². The molecule has 0 saturated heterocycles. The van der Waals surface area contributed by atoms with Gasteiger partial charge in [0.05, 0.1) is 10.5 Å². The number of hydrogen-bond acceptors (Lipinski definition) is 6. The molecule has 4 aromatic rings. The van der Waals surface area contributed by atoms with Gasteiger partial charge in [-0.15, -0.1) is 0 Å². The van der Waals surface area contributed by atoms with E-state index in [-0.39, 0.29) is 17.0 Å². The zero-order chi connectivity index (χ0) is 24.8. The number of hydrogen-bond donors (Lipinski definition) is 0. The summed E-state index contributed by atoms with van der Waals surface area (Å²) in [5.74, 6) is -1.03. The fourth-order valence-corrected chi connectivity index (χ4v) is 4.38. The number of nitro benzene ring substituents is 1. The number of esters is 1. The van der Waals surface area contributed by atoms with Crippen molar-refractivity contribution in [2.24, 2.45) is 0 Å². The molecule has 0 unspecified atom stereocenters. The van der Waals surface area contributed by atoms with Crippen molar-refractivity contribution < 1.29 is 19.2 Å². The average Bonchev–Trinajstić information content (AvgIpc) is 2.88. The summed E-state index contributed by atoms with van der Waals surface area (Å²) in [7, 11) is 0. The van der Waals surface area contributed by atoms with E-state index in [2.05, 4.69) is 0 Å². The molecule has 0 spiro atoms. The van der Waals surface area contributed by atoms with Crippen molar-refractivity contribution in [2.75, 3.05) is 0 Å². The van der Waals surface area contributed by atoms with Gasteiger partial charge in [-0.05, 0) is 36.4 Å². The van der Waals surface area contributed by atoms with Crippen molar-refractivity contribution in [3.63, 3.8) is 0 Å². The van der Waals surface area contributed by atoms with Crippen LogP contribution in [0.4, 0.5) is 5.69 Å². The van der Waals surface area contributed by atoms with E-state index in [0.29, 0.717) is 25.9 Å². The van der Waals surface area contributed by atoms with Crippen molar-refractivity contribution >= 4 is 40.8 Å². The van der Waals surface area contributed by atoms with E-state index in [9.17, 15) is 19.7 Å². The molecule has 0 amide bonds. The second-order valence-electron chi connectivity index (χ2n) is 7.42. The van der Waals surface area contributed by atoms with Crippen LogP contribution in [0.1, 0.15) is 32.4 Å². The third kappa shape index (κ3) is 5.95. The van der Waals surface area contributed by atoms with Crippen molar-refractivity contribution in [2.45, 2.75) is 15.9 Å². The summed E-state index contributed by atoms with van der Waals surface area (Å²) in [6.07, 6.45) is -1.17. The SMILES string of the molecule is O=C(O[C@H](C(=O)c1ccccc1)c1ccc(Cl)cc1)c1ccccc1Sc1ccc([N+](=O)[O-])cc1. The summed E-state index contributed by atoms with van der Waals surface area (Å²) >= 11 is 7.27. The van der Waals surface area contributed by atoms with Crippen LogP contribution in [0.15, 0.2) is 113 Å². The van der Waals surface area contributed by atoms with Gasteiger partial charge in [0, 0.05) is 38.1 Å². The molecule has 0 radical (unpaired) electrons. The highest BCUT2D eigenvalue weighted by Gasteiger charge is 2.28. The molecular weight excluding hydrogens is 486 g/mol. The van der Waals surface area contributed by atoms with Crippen LogP contribution in [-0.2, 0) is 4.74 Å². The number of non-ortho nitro benzene ring substituents is 1. The third-order valence-electron chi connectivity index (χ3n) is 5.08. The van der Waals surface area contributed by atoms with Crippen LogP contribution in [0.25, 0.3) is 0 Å². The highest BCUT2D eigenvalue weighted by Crippen LogP contribution is 2.33. The van der Waals surface area contributed by atoms with Crippen LogP contribution in [0, 0.1) is 10.1 Å². The van der Waals surface area contributed by atoms with Crippen LogP contribution < -0.4 is 0 Å². The molecule has 0 aliphatic rings. The van der Waals surface area contributed by atoms with E-state index >= 15 is 0 Å². The molecule has 8 heteroatoms. The van der Waals surface area contributed by atoms with Gasteiger partial charge in [-0.3, -0.25) is 14.9 Å². The first kappa shape index (κ1) is 24.2. The summed E-state index contributed by atoms with van der Waals surface area (Å²) in [5, 5.41) is 11.4. The van der Waals surface area contributed by atoms with E-state index in [1.807, 2.05) is 0 Å². The minimum absolute atomic E-state index is 0.0210. The quantitative estimate of drug-likeness (QED) is 0.109. The van der Waals surface area contributed by atoms with E-state index in [1.165, 1.54) is 23.9 Å². The Morgan fingerprint density at radius 1 is 0.829 bits per heavy atom. The first-order valence-corrected chi connectivity index (χ1v) is 11.7. The number of nitro groups is 1. The van der Waals surface area contributed by atoms with E-state index in [0.717, 1.165) is 0 Å². The van der Waals surface area contributed by atoms with Gasteiger partial charge in [-0.1, -0.05) is 78.0 Å². The van der Waals surface area contributed by atoms with Crippen LogP contribution in [0.3, 0.4) is 0 Å². The molecule has 174 valence electrons. The van der Waals surface area contributed by atoms with Crippen molar-refractivity contribution in [3.05, 3.63) is 135 Å². The summed E-state index contributed by atoms with van der Waals surface area (Å²) in [6.45, 7) is 0. The number of carbonyl (C=O) groups is 2. The second-order valence-corrected chi connectivity index (χ2v) is 8.97. The standard InChI is InChI=1S/C27H18ClNO5S/c28-20-12-10-19(11-13-20)26(25(30)18-6-2-1-3-7-18)34-27(31)23-8-4-5-9-24(23)35-22-16-14-21(15-17-22)29(32)33/h1-17,26H/t26-/m0/s1. The lowest BCUT2D eigenvalue weighted by Gasteiger charge is -2.18. The van der Waals surface area contributed by atoms with Crippen LogP contribution in [-0.4, -0.2) is 16.7 Å². The highest BCUT2D eigenvalue weighted by atomic mass is 35.5. The minimum atomic E-state index is -1.17. The number of Topliss-reactive ketones (excluding diaryl/α,β-unsaturated/α-hetero) is 1. The van der Waals surface area contributed by atoms with Gasteiger partial charge in [0.2, 0.25) is 5.78 Å². The average molecular weight is 504 g/mol. The smallest absolute Gasteiger partial charge is 0.340 e. The Labute approximate surface area is 210 Å². The molecule has 6 nitrogen and oxygen atoms in total. The lowest BCUT2D eigenvalue weighted by Crippen LogP contribution is -2.20. The lowest BCUT2D eigenvalue weighted by atomic mass is 9.99. The van der Waals surface area contributed by atoms with Gasteiger partial charge in [0.15, 0.2) is 6.10 Å². The molecular formula is C27H18ClNO5S. The largest absolute Gasteiger partial charge is 0.445 e. The monoisotopic (exact) mass is 503 g/mol. The first-order chi connectivity index (χ1) is 16.9. The molecule has 0 heterocycles. The molecule has 35 heavy (non-hydrogen) atoms. The number of ether oxygens (including phenoxy) is 1. The number of carbonyl (C=O) groups excluding carboxylic acids is 2. The molecule has 0 aliphatic carbocycles. The van der Waals surface area contributed by atoms with Crippen molar-refractivity contribution in [1.82, 2.24) is 0 Å². The molecule has 0 saturated carbocycles. The number of halogens is 1. The number of ketones is 1. The summed E-state index contributed by atoms with van der Waals surface area (Å²) in [6, 6.07) is 28.0. The molecule has 4 aromatic carbocycles. The Kier molecular flexibility index (Phi) is 7.60. The number of benzene rings is 4. The second kappa shape index (κ2) is 11.0. The number of rotatable bonds is 8. The molecule has 0 aromatic heterocycles. The van der Waals surface area contributed by atoms with Crippen LogP contribution in [0.5, 0.6) is 0 Å². The van der Waals surface area contributed by atoms with Gasteiger partial charge in [-0.2, -0.15) is 0 Å². The Hall–Kier alpha value is -3.94. The molecule has 4 rings (SSSR count). The fraction of sp³-hybridized carbons (Fsp3) is 0.0370. The van der Waals surface area contributed by atoms with Gasteiger partial charge in [0.1, 0.15) is 0 Å². The molecule has 0 aliphatic heterocycles. The topological polar surface area (TPSA) is 86.5 Å². The van der Waals surface area contributed by atoms with Gasteiger partial charge >= 0.3 is 5.97 Å². The predicted molar refractivity (Wildman–Crippen MR) is 134 cm³/mol. The fourth-order valence-electron chi connectivity index (χ4n) is 3.32. The molecule has 0 bridgehead atoms. The van der Waals surface area contributed by atoms with Crippen LogP contribution >= 0.6 is 23.4 Å². The third-order valence-corrected chi connectivity index (χ3v) is 6.41. The molecule has 1 atom stereocenters. The maximum absolute atomic E-state index is 13.3. The maximum atomic E-state index is 13.3. The van der Waals surface area contributed by atoms with E-state index < -0.39 is 17.0 Å². The number of nitrogens with zero attached hydrogens (tertiary/aromatic N) is 1. The molecule has 0 N–H and O–H groups in total. The lowest BCUT2D eigenvalue weighted by molar-refractivity contribution is -0.384. The zero-order valence-corrected chi connectivity index (χ0v) is 19.7.